The third-order valence-corrected chi connectivity index (χ3v) is 3.57. The van der Waals surface area contributed by atoms with E-state index in [0.29, 0.717) is 5.02 Å². The Hall–Kier alpha value is -0.310. The molecule has 1 atom stereocenters. The lowest BCUT2D eigenvalue weighted by Crippen LogP contribution is -2.35. The van der Waals surface area contributed by atoms with Crippen LogP contribution in [0.2, 0.25) is 5.02 Å². The van der Waals surface area contributed by atoms with Crippen molar-refractivity contribution in [2.24, 2.45) is 0 Å². The number of alkyl halides is 1. The van der Waals surface area contributed by atoms with Gasteiger partial charge in [0.05, 0.1) is 0 Å². The molecule has 1 unspecified atom stereocenters. The number of nitrogens with zero attached hydrogens (tertiary/aromatic N) is 1. The van der Waals surface area contributed by atoms with Gasteiger partial charge in [0.1, 0.15) is 5.82 Å². The topological polar surface area (TPSA) is 3.24 Å². The van der Waals surface area contributed by atoms with Gasteiger partial charge in [-0.05, 0) is 37.1 Å². The molecule has 0 aliphatic carbocycles. The van der Waals surface area contributed by atoms with E-state index >= 15 is 0 Å². The van der Waals surface area contributed by atoms with Gasteiger partial charge in [0.25, 0.3) is 0 Å². The number of likely N-dealkylation sites (tertiary alicyclic amines) is 1. The van der Waals surface area contributed by atoms with E-state index in [9.17, 15) is 4.39 Å². The SMILES string of the molecule is Fc1ccc(CN2CCCC(Cl)C2)c(Cl)c1. The fraction of sp³-hybridized carbons (Fsp3) is 0.500. The van der Waals surface area contributed by atoms with Crippen LogP contribution in [0.25, 0.3) is 0 Å². The van der Waals surface area contributed by atoms with E-state index in [0.717, 1.165) is 38.0 Å². The average Bonchev–Trinajstić information content (AvgIpc) is 2.22. The normalized spacial score (nSPS) is 22.3. The highest BCUT2D eigenvalue weighted by Gasteiger charge is 2.18. The molecule has 0 radical (unpaired) electrons. The lowest BCUT2D eigenvalue weighted by Gasteiger charge is -2.29. The highest BCUT2D eigenvalue weighted by Crippen LogP contribution is 2.22. The molecule has 0 spiro atoms. The van der Waals surface area contributed by atoms with Crippen molar-refractivity contribution in [3.8, 4) is 0 Å². The zero-order valence-electron chi connectivity index (χ0n) is 8.93. The minimum absolute atomic E-state index is 0.230. The highest BCUT2D eigenvalue weighted by molar-refractivity contribution is 6.31. The summed E-state index contributed by atoms with van der Waals surface area (Å²) in [6.45, 7) is 2.68. The van der Waals surface area contributed by atoms with Crippen molar-refractivity contribution < 1.29 is 4.39 Å². The number of halogens is 3. The lowest BCUT2D eigenvalue weighted by atomic mass is 10.1. The molecule has 1 aliphatic rings. The number of hydrogen-bond acceptors (Lipinski definition) is 1. The molecule has 0 saturated carbocycles. The molecule has 1 heterocycles. The number of hydrogen-bond donors (Lipinski definition) is 0. The first-order valence-electron chi connectivity index (χ1n) is 5.45. The van der Waals surface area contributed by atoms with Crippen molar-refractivity contribution in [1.29, 1.82) is 0 Å². The summed E-state index contributed by atoms with van der Waals surface area (Å²) in [6.07, 6.45) is 2.20. The second-order valence-electron chi connectivity index (χ2n) is 4.21. The molecular weight excluding hydrogens is 248 g/mol. The van der Waals surface area contributed by atoms with Crippen LogP contribution in [0.3, 0.4) is 0 Å². The molecule has 4 heteroatoms. The summed E-state index contributed by atoms with van der Waals surface area (Å²) in [5.41, 5.74) is 0.967. The summed E-state index contributed by atoms with van der Waals surface area (Å²) in [5, 5.41) is 0.727. The average molecular weight is 262 g/mol. The summed E-state index contributed by atoms with van der Waals surface area (Å²) >= 11 is 12.1. The quantitative estimate of drug-likeness (QED) is 0.735. The first-order chi connectivity index (χ1) is 7.65. The van der Waals surface area contributed by atoms with Gasteiger partial charge >= 0.3 is 0 Å². The highest BCUT2D eigenvalue weighted by atomic mass is 35.5. The smallest absolute Gasteiger partial charge is 0.124 e. The third-order valence-electron chi connectivity index (χ3n) is 2.86. The van der Waals surface area contributed by atoms with Gasteiger partial charge in [-0.3, -0.25) is 4.90 Å². The van der Waals surface area contributed by atoms with E-state index in [1.54, 1.807) is 6.07 Å². The Bertz CT molecular complexity index is 370. The Kier molecular flexibility index (Phi) is 4.06. The van der Waals surface area contributed by atoms with Crippen LogP contribution in [0.15, 0.2) is 18.2 Å². The van der Waals surface area contributed by atoms with Gasteiger partial charge in [-0.1, -0.05) is 17.7 Å². The van der Waals surface area contributed by atoms with Gasteiger partial charge in [-0.15, -0.1) is 11.6 Å². The molecular formula is C12H14Cl2FN. The van der Waals surface area contributed by atoms with Gasteiger partial charge in [0.15, 0.2) is 0 Å². The Morgan fingerprint density at radius 3 is 2.94 bits per heavy atom. The molecule has 2 rings (SSSR count). The van der Waals surface area contributed by atoms with Crippen LogP contribution in [0.4, 0.5) is 4.39 Å². The fourth-order valence-electron chi connectivity index (χ4n) is 2.03. The summed E-state index contributed by atoms with van der Waals surface area (Å²) in [7, 11) is 0. The largest absolute Gasteiger partial charge is 0.298 e. The predicted molar refractivity (Wildman–Crippen MR) is 65.6 cm³/mol. The zero-order valence-corrected chi connectivity index (χ0v) is 10.4. The number of piperidine rings is 1. The van der Waals surface area contributed by atoms with Crippen LogP contribution < -0.4 is 0 Å². The van der Waals surface area contributed by atoms with E-state index in [1.807, 2.05) is 0 Å². The number of benzene rings is 1. The Balaban J connectivity index is 2.02. The first kappa shape index (κ1) is 12.2. The minimum Gasteiger partial charge on any atom is -0.298 e. The maximum atomic E-state index is 12.9. The Labute approximate surface area is 105 Å². The van der Waals surface area contributed by atoms with Crippen molar-refractivity contribution in [2.45, 2.75) is 24.8 Å². The lowest BCUT2D eigenvalue weighted by molar-refractivity contribution is 0.224. The molecule has 1 aliphatic heterocycles. The van der Waals surface area contributed by atoms with Crippen molar-refractivity contribution in [2.75, 3.05) is 13.1 Å². The van der Waals surface area contributed by atoms with Crippen LogP contribution in [-0.2, 0) is 6.54 Å². The van der Waals surface area contributed by atoms with Crippen LogP contribution in [-0.4, -0.2) is 23.4 Å². The molecule has 0 bridgehead atoms. The Morgan fingerprint density at radius 1 is 1.44 bits per heavy atom. The molecule has 1 fully saturated rings. The molecule has 0 N–H and O–H groups in total. The van der Waals surface area contributed by atoms with Crippen LogP contribution in [0, 0.1) is 5.82 Å². The first-order valence-corrected chi connectivity index (χ1v) is 6.27. The molecule has 1 aromatic rings. The molecule has 1 aromatic carbocycles. The van der Waals surface area contributed by atoms with Gasteiger partial charge in [0, 0.05) is 23.5 Å². The summed E-state index contributed by atoms with van der Waals surface area (Å²) in [4.78, 5) is 2.26. The molecule has 1 nitrogen and oxygen atoms in total. The zero-order chi connectivity index (χ0) is 11.5. The molecule has 88 valence electrons. The monoisotopic (exact) mass is 261 g/mol. The van der Waals surface area contributed by atoms with Crippen LogP contribution >= 0.6 is 23.2 Å². The third kappa shape index (κ3) is 3.09. The summed E-state index contributed by atoms with van der Waals surface area (Å²) in [5.74, 6) is -0.289. The molecule has 0 aromatic heterocycles. The van der Waals surface area contributed by atoms with E-state index < -0.39 is 0 Å². The number of rotatable bonds is 2. The van der Waals surface area contributed by atoms with E-state index in [-0.39, 0.29) is 11.2 Å². The minimum atomic E-state index is -0.289. The second-order valence-corrected chi connectivity index (χ2v) is 5.23. The standard InChI is InChI=1S/C12H14Cl2FN/c13-10-2-1-5-16(8-10)7-9-3-4-11(15)6-12(9)14/h3-4,6,10H,1-2,5,7-8H2. The predicted octanol–water partition coefficient (Wildman–Crippen LogP) is 3.68. The van der Waals surface area contributed by atoms with E-state index in [4.69, 9.17) is 23.2 Å². The van der Waals surface area contributed by atoms with Gasteiger partial charge in [-0.25, -0.2) is 4.39 Å². The maximum absolute atomic E-state index is 12.9. The molecule has 0 amide bonds. The van der Waals surface area contributed by atoms with Crippen LogP contribution in [0.1, 0.15) is 18.4 Å². The molecule has 1 saturated heterocycles. The second kappa shape index (κ2) is 5.35. The van der Waals surface area contributed by atoms with E-state index in [1.165, 1.54) is 12.1 Å². The van der Waals surface area contributed by atoms with Gasteiger partial charge in [-0.2, -0.15) is 0 Å². The van der Waals surface area contributed by atoms with Gasteiger partial charge < -0.3 is 0 Å². The van der Waals surface area contributed by atoms with Crippen molar-refractivity contribution in [3.63, 3.8) is 0 Å². The fourth-order valence-corrected chi connectivity index (χ4v) is 2.61. The molecule has 16 heavy (non-hydrogen) atoms. The summed E-state index contributed by atoms with van der Waals surface area (Å²) < 4.78 is 12.9. The summed E-state index contributed by atoms with van der Waals surface area (Å²) in [6, 6.07) is 4.55. The van der Waals surface area contributed by atoms with Crippen LogP contribution in [0.5, 0.6) is 0 Å². The van der Waals surface area contributed by atoms with Crippen molar-refractivity contribution in [1.82, 2.24) is 4.90 Å². The van der Waals surface area contributed by atoms with Crippen molar-refractivity contribution >= 4 is 23.2 Å². The van der Waals surface area contributed by atoms with Crippen molar-refractivity contribution in [3.05, 3.63) is 34.6 Å². The van der Waals surface area contributed by atoms with Gasteiger partial charge in [0.2, 0.25) is 0 Å². The maximum Gasteiger partial charge on any atom is 0.124 e. The van der Waals surface area contributed by atoms with E-state index in [2.05, 4.69) is 4.90 Å². The Morgan fingerprint density at radius 2 is 2.25 bits per heavy atom.